The second kappa shape index (κ2) is 7.13. The largest absolute Gasteiger partial charge is 0.392 e. The van der Waals surface area contributed by atoms with Gasteiger partial charge in [-0.25, -0.2) is 8.42 Å². The SMILES string of the molecule is COCCCS(=O)(=O)N1CCN(C(C)(C)C(N)=S)CC1. The van der Waals surface area contributed by atoms with Crippen molar-refractivity contribution in [3.63, 3.8) is 0 Å². The average Bonchev–Trinajstić information content (AvgIpc) is 2.39. The first kappa shape index (κ1) is 17.8. The van der Waals surface area contributed by atoms with E-state index in [1.54, 1.807) is 11.4 Å². The molecular weight excluding hydrogens is 298 g/mol. The third-order valence-electron chi connectivity index (χ3n) is 3.78. The molecule has 1 aliphatic rings. The normalized spacial score (nSPS) is 19.1. The van der Waals surface area contributed by atoms with Crippen LogP contribution in [0.5, 0.6) is 0 Å². The zero-order chi connectivity index (χ0) is 15.4. The van der Waals surface area contributed by atoms with Crippen molar-refractivity contribution in [2.24, 2.45) is 5.73 Å². The first-order chi connectivity index (χ1) is 9.21. The van der Waals surface area contributed by atoms with E-state index in [1.165, 1.54) is 0 Å². The van der Waals surface area contributed by atoms with Crippen LogP contribution in [0.3, 0.4) is 0 Å². The van der Waals surface area contributed by atoms with Crippen LogP contribution in [0.25, 0.3) is 0 Å². The van der Waals surface area contributed by atoms with Crippen LogP contribution in [-0.4, -0.2) is 73.8 Å². The van der Waals surface area contributed by atoms with Crippen molar-refractivity contribution in [2.45, 2.75) is 25.8 Å². The van der Waals surface area contributed by atoms with Crippen molar-refractivity contribution in [2.75, 3.05) is 45.6 Å². The molecule has 0 saturated carbocycles. The Morgan fingerprint density at radius 3 is 2.30 bits per heavy atom. The maximum absolute atomic E-state index is 12.2. The third kappa shape index (κ3) is 4.36. The Morgan fingerprint density at radius 1 is 1.30 bits per heavy atom. The van der Waals surface area contributed by atoms with Crippen molar-refractivity contribution in [1.29, 1.82) is 0 Å². The minimum Gasteiger partial charge on any atom is -0.392 e. The van der Waals surface area contributed by atoms with E-state index in [9.17, 15) is 8.42 Å². The summed E-state index contributed by atoms with van der Waals surface area (Å²) in [5.41, 5.74) is 5.37. The highest BCUT2D eigenvalue weighted by Gasteiger charge is 2.35. The van der Waals surface area contributed by atoms with E-state index < -0.39 is 10.0 Å². The molecule has 0 spiro atoms. The topological polar surface area (TPSA) is 75.9 Å². The van der Waals surface area contributed by atoms with E-state index >= 15 is 0 Å². The highest BCUT2D eigenvalue weighted by atomic mass is 32.2. The van der Waals surface area contributed by atoms with Crippen molar-refractivity contribution < 1.29 is 13.2 Å². The monoisotopic (exact) mass is 323 g/mol. The summed E-state index contributed by atoms with van der Waals surface area (Å²) >= 11 is 5.08. The highest BCUT2D eigenvalue weighted by Crippen LogP contribution is 2.19. The van der Waals surface area contributed by atoms with Gasteiger partial charge < -0.3 is 10.5 Å². The smallest absolute Gasteiger partial charge is 0.214 e. The van der Waals surface area contributed by atoms with Gasteiger partial charge in [0.25, 0.3) is 0 Å². The molecule has 1 heterocycles. The Labute approximate surface area is 127 Å². The van der Waals surface area contributed by atoms with Gasteiger partial charge in [0.1, 0.15) is 0 Å². The van der Waals surface area contributed by atoms with Crippen LogP contribution in [-0.2, 0) is 14.8 Å². The van der Waals surface area contributed by atoms with Gasteiger partial charge in [0.15, 0.2) is 0 Å². The summed E-state index contributed by atoms with van der Waals surface area (Å²) in [6.45, 7) is 6.67. The number of hydrogen-bond donors (Lipinski definition) is 1. The second-order valence-electron chi connectivity index (χ2n) is 5.47. The highest BCUT2D eigenvalue weighted by molar-refractivity contribution is 7.89. The molecule has 0 aromatic heterocycles. The molecular formula is C12H25N3O3S2. The molecule has 118 valence electrons. The summed E-state index contributed by atoms with van der Waals surface area (Å²) in [6, 6.07) is 0. The number of rotatable bonds is 7. The lowest BCUT2D eigenvalue weighted by atomic mass is 10.0. The number of thiocarbonyl (C=S) groups is 1. The Bertz CT molecular complexity index is 429. The molecule has 1 rings (SSSR count). The summed E-state index contributed by atoms with van der Waals surface area (Å²) in [5, 5.41) is 0. The Hall–Kier alpha value is -0.280. The zero-order valence-corrected chi connectivity index (χ0v) is 14.1. The maximum Gasteiger partial charge on any atom is 0.214 e. The number of methoxy groups -OCH3 is 1. The van der Waals surface area contributed by atoms with Gasteiger partial charge in [0.2, 0.25) is 10.0 Å². The summed E-state index contributed by atoms with van der Waals surface area (Å²) in [6.07, 6.45) is 0.525. The Balaban J connectivity index is 2.56. The van der Waals surface area contributed by atoms with Crippen LogP contribution < -0.4 is 5.73 Å². The molecule has 0 radical (unpaired) electrons. The fourth-order valence-corrected chi connectivity index (χ4v) is 3.79. The lowest BCUT2D eigenvalue weighted by molar-refractivity contribution is 0.123. The first-order valence-electron chi connectivity index (χ1n) is 6.73. The van der Waals surface area contributed by atoms with Gasteiger partial charge in [0.05, 0.1) is 16.3 Å². The standard InChI is InChI=1S/C12H25N3O3S2/c1-12(2,11(13)19)14-5-7-15(8-6-14)20(16,17)10-4-9-18-3/h4-10H2,1-3H3,(H2,13,19). The van der Waals surface area contributed by atoms with Crippen molar-refractivity contribution in [3.05, 3.63) is 0 Å². The molecule has 20 heavy (non-hydrogen) atoms. The van der Waals surface area contributed by atoms with E-state index in [-0.39, 0.29) is 11.3 Å². The van der Waals surface area contributed by atoms with Gasteiger partial charge >= 0.3 is 0 Å². The van der Waals surface area contributed by atoms with Crippen LogP contribution in [0.1, 0.15) is 20.3 Å². The Kier molecular flexibility index (Phi) is 6.33. The number of hydrogen-bond acceptors (Lipinski definition) is 5. The molecule has 6 nitrogen and oxygen atoms in total. The second-order valence-corrected chi connectivity index (χ2v) is 8.00. The van der Waals surface area contributed by atoms with Gasteiger partial charge in [-0.3, -0.25) is 4.90 Å². The summed E-state index contributed by atoms with van der Waals surface area (Å²) in [5.74, 6) is 0.138. The van der Waals surface area contributed by atoms with Crippen molar-refractivity contribution in [1.82, 2.24) is 9.21 Å². The predicted octanol–water partition coefficient (Wildman–Crippen LogP) is 0.0350. The molecule has 0 atom stereocenters. The number of nitrogens with two attached hydrogens (primary N) is 1. The summed E-state index contributed by atoms with van der Waals surface area (Å²) in [7, 11) is -1.61. The molecule has 0 unspecified atom stereocenters. The van der Waals surface area contributed by atoms with Crippen LogP contribution in [0.4, 0.5) is 0 Å². The minimum atomic E-state index is -3.18. The van der Waals surface area contributed by atoms with Crippen molar-refractivity contribution in [3.8, 4) is 0 Å². The third-order valence-corrected chi connectivity index (χ3v) is 6.23. The average molecular weight is 323 g/mol. The van der Waals surface area contributed by atoms with Crippen LogP contribution in [0.15, 0.2) is 0 Å². The van der Waals surface area contributed by atoms with Crippen LogP contribution in [0, 0.1) is 0 Å². The number of nitrogens with zero attached hydrogens (tertiary/aromatic N) is 2. The summed E-state index contributed by atoms with van der Waals surface area (Å²) in [4.78, 5) is 2.57. The van der Waals surface area contributed by atoms with Gasteiger partial charge in [-0.2, -0.15) is 4.31 Å². The molecule has 0 amide bonds. The Morgan fingerprint density at radius 2 is 1.85 bits per heavy atom. The van der Waals surface area contributed by atoms with Crippen molar-refractivity contribution >= 4 is 27.2 Å². The fourth-order valence-electron chi connectivity index (χ4n) is 2.20. The quantitative estimate of drug-likeness (QED) is 0.526. The van der Waals surface area contributed by atoms with Gasteiger partial charge in [-0.05, 0) is 20.3 Å². The molecule has 8 heteroatoms. The van der Waals surface area contributed by atoms with Gasteiger partial charge in [-0.15, -0.1) is 0 Å². The minimum absolute atomic E-state index is 0.138. The maximum atomic E-state index is 12.2. The predicted molar refractivity (Wildman–Crippen MR) is 84.3 cm³/mol. The van der Waals surface area contributed by atoms with Crippen LogP contribution in [0.2, 0.25) is 0 Å². The zero-order valence-electron chi connectivity index (χ0n) is 12.5. The molecule has 1 saturated heterocycles. The van der Waals surface area contributed by atoms with Gasteiger partial charge in [-0.1, -0.05) is 12.2 Å². The molecule has 2 N–H and O–H groups in total. The van der Waals surface area contributed by atoms with Crippen LogP contribution >= 0.6 is 12.2 Å². The first-order valence-corrected chi connectivity index (χ1v) is 8.75. The molecule has 0 aromatic carbocycles. The van der Waals surface area contributed by atoms with E-state index in [2.05, 4.69) is 4.90 Å². The lowest BCUT2D eigenvalue weighted by Gasteiger charge is -2.43. The van der Waals surface area contributed by atoms with E-state index in [4.69, 9.17) is 22.7 Å². The number of sulfonamides is 1. The van der Waals surface area contributed by atoms with E-state index in [1.807, 2.05) is 13.8 Å². The summed E-state index contributed by atoms with van der Waals surface area (Å²) < 4.78 is 30.7. The molecule has 1 aliphatic heterocycles. The molecule has 0 aliphatic carbocycles. The van der Waals surface area contributed by atoms with E-state index in [0.717, 1.165) is 0 Å². The molecule has 1 fully saturated rings. The molecule has 0 bridgehead atoms. The van der Waals surface area contributed by atoms with E-state index in [0.29, 0.717) is 44.2 Å². The number of piperazine rings is 1. The number of ether oxygens (including phenoxy) is 1. The fraction of sp³-hybridized carbons (Fsp3) is 0.917. The molecule has 0 aromatic rings. The van der Waals surface area contributed by atoms with Gasteiger partial charge in [0, 0.05) is 39.9 Å². The lowest BCUT2D eigenvalue weighted by Crippen LogP contribution is -2.60.